The summed E-state index contributed by atoms with van der Waals surface area (Å²) < 4.78 is 44.8. The zero-order chi connectivity index (χ0) is 31.2. The average Bonchev–Trinajstić information content (AvgIpc) is 3.60. The normalized spacial score (nSPS) is 21.6. The van der Waals surface area contributed by atoms with Crippen LogP contribution in [0.25, 0.3) is 17.0 Å². The van der Waals surface area contributed by atoms with Gasteiger partial charge in [0.15, 0.2) is 5.71 Å². The molecule has 3 aromatic rings. The minimum absolute atomic E-state index is 0.0168. The zero-order valence-corrected chi connectivity index (χ0v) is 25.9. The highest BCUT2D eigenvalue weighted by molar-refractivity contribution is 7.85. The van der Waals surface area contributed by atoms with Crippen molar-refractivity contribution < 1.29 is 31.5 Å². The number of esters is 1. The third-order valence-electron chi connectivity index (χ3n) is 9.09. The number of fused-ring (bicyclic) bond motifs is 4. The minimum Gasteiger partial charge on any atom is -0.466 e. The number of hydrogen-bond donors (Lipinski definition) is 1. The Balaban J connectivity index is 1.30. The second-order valence-electron chi connectivity index (χ2n) is 12.3. The second-order valence-corrected chi connectivity index (χ2v) is 13.9. The molecular formula is C35H36NO7S+. The van der Waals surface area contributed by atoms with Gasteiger partial charge in [-0.2, -0.15) is 13.0 Å². The van der Waals surface area contributed by atoms with E-state index in [1.807, 2.05) is 49.4 Å². The molecule has 0 saturated heterocycles. The van der Waals surface area contributed by atoms with Gasteiger partial charge in [0.05, 0.1) is 29.3 Å². The van der Waals surface area contributed by atoms with E-state index in [1.54, 1.807) is 6.08 Å². The Morgan fingerprint density at radius 1 is 1.18 bits per heavy atom. The monoisotopic (exact) mass is 614 g/mol. The Labute approximate surface area is 257 Å². The summed E-state index contributed by atoms with van der Waals surface area (Å²) in [5, 5.41) is 0.806. The van der Waals surface area contributed by atoms with Gasteiger partial charge in [0.2, 0.25) is 5.69 Å². The summed E-state index contributed by atoms with van der Waals surface area (Å²) in [6, 6.07) is 13.8. The number of benzene rings is 2. The first-order chi connectivity index (χ1) is 21.0. The van der Waals surface area contributed by atoms with Crippen LogP contribution in [0.15, 0.2) is 57.8 Å². The Morgan fingerprint density at radius 2 is 1.98 bits per heavy atom. The number of allylic oxidation sites excluding steroid dienone is 1. The molecule has 1 fully saturated rings. The van der Waals surface area contributed by atoms with Crippen molar-refractivity contribution in [2.75, 3.05) is 18.9 Å². The van der Waals surface area contributed by atoms with Gasteiger partial charge in [0.1, 0.15) is 12.1 Å². The van der Waals surface area contributed by atoms with Crippen molar-refractivity contribution in [1.82, 2.24) is 0 Å². The highest BCUT2D eigenvalue weighted by Crippen LogP contribution is 2.50. The number of aryl methyl sites for hydroxylation is 1. The number of carbonyl (C=O) groups is 1. The Morgan fingerprint density at radius 3 is 2.75 bits per heavy atom. The van der Waals surface area contributed by atoms with E-state index in [9.17, 15) is 18.0 Å². The summed E-state index contributed by atoms with van der Waals surface area (Å²) in [6.07, 6.45) is 6.26. The van der Waals surface area contributed by atoms with Gasteiger partial charge in [-0.25, -0.2) is 4.79 Å². The lowest BCUT2D eigenvalue weighted by Gasteiger charge is -2.15. The quantitative estimate of drug-likeness (QED) is 0.0872. The van der Waals surface area contributed by atoms with Crippen LogP contribution in [0.1, 0.15) is 62.3 Å². The molecule has 3 unspecified atom stereocenters. The highest BCUT2D eigenvalue weighted by atomic mass is 32.2. The van der Waals surface area contributed by atoms with Gasteiger partial charge < -0.3 is 9.15 Å². The molecule has 2 heterocycles. The number of ether oxygens (including phenoxy) is 1. The second kappa shape index (κ2) is 11.5. The molecule has 8 nitrogen and oxygen atoms in total. The van der Waals surface area contributed by atoms with Crippen molar-refractivity contribution in [3.63, 3.8) is 0 Å². The van der Waals surface area contributed by atoms with Crippen LogP contribution in [0, 0.1) is 29.6 Å². The lowest BCUT2D eigenvalue weighted by molar-refractivity contribution is -0.438. The van der Waals surface area contributed by atoms with Crippen molar-refractivity contribution in [3.05, 3.63) is 81.2 Å². The maximum Gasteiger partial charge on any atom is 0.343 e. The van der Waals surface area contributed by atoms with Crippen molar-refractivity contribution >= 4 is 44.5 Å². The number of hydrogen-bond acceptors (Lipinski definition) is 6. The molecule has 1 aliphatic heterocycles. The number of unbranched alkanes of at least 4 members (excludes halogenated alkanes) is 1. The van der Waals surface area contributed by atoms with Crippen LogP contribution < -0.4 is 5.63 Å². The molecule has 9 heteroatoms. The summed E-state index contributed by atoms with van der Waals surface area (Å²) in [5.74, 6) is 6.11. The van der Waals surface area contributed by atoms with Crippen LogP contribution in [0.2, 0.25) is 0 Å². The average molecular weight is 615 g/mol. The topological polar surface area (TPSA) is 114 Å². The van der Waals surface area contributed by atoms with E-state index in [-0.39, 0.29) is 34.9 Å². The fourth-order valence-corrected chi connectivity index (χ4v) is 7.32. The van der Waals surface area contributed by atoms with Gasteiger partial charge in [-0.05, 0) is 75.8 Å². The Kier molecular flexibility index (Phi) is 7.85. The largest absolute Gasteiger partial charge is 0.466 e. The molecule has 1 saturated carbocycles. The molecule has 2 aliphatic carbocycles. The van der Waals surface area contributed by atoms with E-state index in [1.165, 1.54) is 0 Å². The first kappa shape index (κ1) is 30.0. The molecule has 228 valence electrons. The molecule has 2 aromatic carbocycles. The summed E-state index contributed by atoms with van der Waals surface area (Å²) in [7, 11) is -4.01. The Hall–Kier alpha value is -4.00. The molecule has 1 aromatic heterocycles. The van der Waals surface area contributed by atoms with E-state index in [0.29, 0.717) is 37.1 Å². The van der Waals surface area contributed by atoms with Crippen LogP contribution >= 0.6 is 0 Å². The van der Waals surface area contributed by atoms with Crippen molar-refractivity contribution in [2.45, 2.75) is 51.9 Å². The number of para-hydroxylation sites is 1. The van der Waals surface area contributed by atoms with Crippen molar-refractivity contribution in [2.24, 2.45) is 17.8 Å². The summed E-state index contributed by atoms with van der Waals surface area (Å²) >= 11 is 0. The predicted molar refractivity (Wildman–Crippen MR) is 169 cm³/mol. The lowest BCUT2D eigenvalue weighted by atomic mass is 9.81. The SMILES string of the molecule is CCOC(=O)C1C2C#Cc3cc4oc(=O)c(C=CC5=[N+](CCCCS(=O)(=O)O)c6ccccc6C5(C)C)cc4cc3CCC21. The number of nitrogens with zero attached hydrogens (tertiary/aromatic N) is 1. The van der Waals surface area contributed by atoms with Gasteiger partial charge in [-0.3, -0.25) is 9.35 Å². The molecule has 0 bridgehead atoms. The van der Waals surface area contributed by atoms with E-state index in [2.05, 4.69) is 36.3 Å². The van der Waals surface area contributed by atoms with E-state index in [0.717, 1.165) is 46.3 Å². The van der Waals surface area contributed by atoms with E-state index >= 15 is 0 Å². The summed E-state index contributed by atoms with van der Waals surface area (Å²) in [5.41, 5.74) is 5.13. The molecule has 1 N–H and O–H groups in total. The fourth-order valence-electron chi connectivity index (χ4n) is 6.75. The Bertz CT molecular complexity index is 1960. The molecule has 6 rings (SSSR count). The predicted octanol–water partition coefficient (Wildman–Crippen LogP) is 5.27. The smallest absolute Gasteiger partial charge is 0.343 e. The molecule has 44 heavy (non-hydrogen) atoms. The van der Waals surface area contributed by atoms with Gasteiger partial charge >= 0.3 is 11.6 Å². The summed E-state index contributed by atoms with van der Waals surface area (Å²) in [6.45, 7) is 6.99. The maximum atomic E-state index is 13.1. The van der Waals surface area contributed by atoms with Gasteiger partial charge in [0.25, 0.3) is 10.1 Å². The molecule has 3 aliphatic rings. The lowest BCUT2D eigenvalue weighted by Crippen LogP contribution is -2.28. The third kappa shape index (κ3) is 5.76. The van der Waals surface area contributed by atoms with Gasteiger partial charge in [-0.15, -0.1) is 0 Å². The van der Waals surface area contributed by atoms with Crippen LogP contribution in [-0.2, 0) is 31.5 Å². The van der Waals surface area contributed by atoms with Crippen LogP contribution in [0.4, 0.5) is 5.69 Å². The zero-order valence-electron chi connectivity index (χ0n) is 25.1. The number of rotatable bonds is 9. The molecule has 0 spiro atoms. The van der Waals surface area contributed by atoms with Crippen LogP contribution in [-0.4, -0.2) is 48.1 Å². The van der Waals surface area contributed by atoms with Gasteiger partial charge in [0, 0.05) is 41.0 Å². The molecule has 0 amide bonds. The van der Waals surface area contributed by atoms with Crippen molar-refractivity contribution in [3.8, 4) is 11.8 Å². The highest BCUT2D eigenvalue weighted by Gasteiger charge is 2.54. The summed E-state index contributed by atoms with van der Waals surface area (Å²) in [4.78, 5) is 25.5. The van der Waals surface area contributed by atoms with Crippen molar-refractivity contribution in [1.29, 1.82) is 0 Å². The van der Waals surface area contributed by atoms with Crippen LogP contribution in [0.3, 0.4) is 0 Å². The number of carbonyl (C=O) groups excluding carboxylic acids is 1. The van der Waals surface area contributed by atoms with E-state index < -0.39 is 15.7 Å². The standard InChI is InChI=1S/C35H35NO7S/c1-4-42-34(38)32-26-14-11-22-19-25-20-24(33(37)43-30(25)21-23(22)12-15-27(26)32)13-16-31-35(2,3)28-9-5-6-10-29(28)36(31)17-7-8-18-44(39,40)41/h5-6,9-10,13,16,19-21,26-27,32H,4,7-8,11,14,17-18H2,1-3H3/p+1. The van der Waals surface area contributed by atoms with E-state index in [4.69, 9.17) is 13.7 Å². The molecule has 3 atom stereocenters. The molecular weight excluding hydrogens is 578 g/mol. The van der Waals surface area contributed by atoms with Crippen LogP contribution in [0.5, 0.6) is 0 Å². The fraction of sp³-hybridized carbons (Fsp3) is 0.400. The van der Waals surface area contributed by atoms with Gasteiger partial charge in [-0.1, -0.05) is 30.0 Å². The first-order valence-corrected chi connectivity index (χ1v) is 16.8. The molecule has 0 radical (unpaired) electrons. The maximum absolute atomic E-state index is 13.1. The minimum atomic E-state index is -4.01. The third-order valence-corrected chi connectivity index (χ3v) is 9.89. The first-order valence-electron chi connectivity index (χ1n) is 15.1.